The van der Waals surface area contributed by atoms with Crippen LogP contribution in [0, 0.1) is 11.8 Å². The summed E-state index contributed by atoms with van der Waals surface area (Å²) >= 11 is 0. The highest BCUT2D eigenvalue weighted by Crippen LogP contribution is 2.41. The number of hydrogen-bond donors (Lipinski definition) is 2. The molecule has 1 aliphatic heterocycles. The number of Topliss-reactive ketones (excluding diaryl/α,β-unsaturated/α-hetero) is 2. The maximum absolute atomic E-state index is 13.8. The summed E-state index contributed by atoms with van der Waals surface area (Å²) in [5, 5.41) is 19.7. The highest BCUT2D eigenvalue weighted by Gasteiger charge is 2.45. The molecular weight excluding hydrogens is 414 g/mol. The van der Waals surface area contributed by atoms with Gasteiger partial charge in [0.1, 0.15) is 0 Å². The van der Waals surface area contributed by atoms with Crippen LogP contribution < -0.4 is 0 Å². The summed E-state index contributed by atoms with van der Waals surface area (Å²) in [6.07, 6.45) is 0. The lowest BCUT2D eigenvalue weighted by atomic mass is 9.68. The third kappa shape index (κ3) is 4.96. The molecule has 5 nitrogen and oxygen atoms in total. The van der Waals surface area contributed by atoms with Crippen LogP contribution in [0.1, 0.15) is 32.2 Å². The lowest BCUT2D eigenvalue weighted by Crippen LogP contribution is -2.55. The number of rotatable bonds is 8. The summed E-state index contributed by atoms with van der Waals surface area (Å²) in [4.78, 5) is 29.4. The van der Waals surface area contributed by atoms with Gasteiger partial charge in [0.15, 0.2) is 11.6 Å². The molecule has 4 rings (SSSR count). The zero-order chi connectivity index (χ0) is 23.2. The van der Waals surface area contributed by atoms with Gasteiger partial charge in [-0.3, -0.25) is 14.5 Å². The third-order valence-electron chi connectivity index (χ3n) is 6.64. The number of hydrogen-bond acceptors (Lipinski definition) is 5. The van der Waals surface area contributed by atoms with Gasteiger partial charge >= 0.3 is 0 Å². The minimum atomic E-state index is -0.529. The molecule has 0 spiro atoms. The largest absolute Gasteiger partial charge is 0.395 e. The van der Waals surface area contributed by atoms with E-state index in [1.165, 1.54) is 0 Å². The molecule has 1 fully saturated rings. The van der Waals surface area contributed by atoms with Gasteiger partial charge < -0.3 is 10.2 Å². The van der Waals surface area contributed by atoms with Crippen molar-refractivity contribution < 1.29 is 19.8 Å². The number of likely N-dealkylation sites (tertiary alicyclic amines) is 1. The Morgan fingerprint density at radius 1 is 0.697 bits per heavy atom. The third-order valence-corrected chi connectivity index (χ3v) is 6.64. The van der Waals surface area contributed by atoms with Crippen LogP contribution in [0.3, 0.4) is 0 Å². The summed E-state index contributed by atoms with van der Waals surface area (Å²) < 4.78 is 0. The van der Waals surface area contributed by atoms with E-state index in [2.05, 4.69) is 0 Å². The van der Waals surface area contributed by atoms with Crippen molar-refractivity contribution in [1.82, 2.24) is 4.90 Å². The summed E-state index contributed by atoms with van der Waals surface area (Å²) in [6.45, 7) is 0.227. The number of aliphatic hydroxyl groups excluding tert-OH is 2. The molecule has 0 bridgehead atoms. The van der Waals surface area contributed by atoms with E-state index in [1.54, 1.807) is 24.3 Å². The average Bonchev–Trinajstić information content (AvgIpc) is 2.89. The van der Waals surface area contributed by atoms with Gasteiger partial charge in [0.2, 0.25) is 0 Å². The van der Waals surface area contributed by atoms with E-state index in [1.807, 2.05) is 71.6 Å². The average molecular weight is 444 g/mol. The molecule has 0 saturated carbocycles. The molecule has 1 heterocycles. The summed E-state index contributed by atoms with van der Waals surface area (Å²) in [5.41, 5.74) is 2.15. The number of carbonyl (C=O) groups is 2. The predicted octanol–water partition coefficient (Wildman–Crippen LogP) is 3.44. The standard InChI is InChI=1S/C28H29NO4/c30-18-23(19-31)29-16-24(27(32)21-12-6-2-7-13-21)26(20-10-4-1-5-11-20)25(17-29)28(33)22-14-8-3-9-15-22/h1-15,23-26,30-31H,16-19H2/t24-,25+,26+. The molecule has 3 aromatic rings. The highest BCUT2D eigenvalue weighted by atomic mass is 16.3. The van der Waals surface area contributed by atoms with Gasteiger partial charge in [-0.1, -0.05) is 91.0 Å². The molecule has 33 heavy (non-hydrogen) atoms. The van der Waals surface area contributed by atoms with Crippen molar-refractivity contribution in [3.63, 3.8) is 0 Å². The van der Waals surface area contributed by atoms with Gasteiger partial charge in [0, 0.05) is 42.0 Å². The summed E-state index contributed by atoms with van der Waals surface area (Å²) in [7, 11) is 0. The maximum Gasteiger partial charge on any atom is 0.167 e. The lowest BCUT2D eigenvalue weighted by Gasteiger charge is -2.45. The first kappa shape index (κ1) is 23.1. The second-order valence-electron chi connectivity index (χ2n) is 8.58. The van der Waals surface area contributed by atoms with Gasteiger partial charge in [0.25, 0.3) is 0 Å². The first-order valence-electron chi connectivity index (χ1n) is 11.3. The predicted molar refractivity (Wildman–Crippen MR) is 127 cm³/mol. The minimum Gasteiger partial charge on any atom is -0.395 e. The Kier molecular flexibility index (Phi) is 7.45. The van der Waals surface area contributed by atoms with E-state index in [0.717, 1.165) is 5.56 Å². The van der Waals surface area contributed by atoms with E-state index in [-0.39, 0.29) is 30.7 Å². The second kappa shape index (κ2) is 10.7. The van der Waals surface area contributed by atoms with Gasteiger partial charge in [-0.25, -0.2) is 0 Å². The number of ketones is 2. The molecule has 170 valence electrons. The van der Waals surface area contributed by atoms with E-state index in [0.29, 0.717) is 24.2 Å². The molecule has 0 amide bonds. The molecule has 0 radical (unpaired) electrons. The van der Waals surface area contributed by atoms with Crippen molar-refractivity contribution in [1.29, 1.82) is 0 Å². The molecule has 3 atom stereocenters. The minimum absolute atomic E-state index is 0.0327. The number of aliphatic hydroxyl groups is 2. The normalized spacial score (nSPS) is 21.1. The van der Waals surface area contributed by atoms with Crippen LogP contribution in [-0.4, -0.2) is 59.0 Å². The Morgan fingerprint density at radius 3 is 1.48 bits per heavy atom. The first-order valence-corrected chi connectivity index (χ1v) is 11.3. The van der Waals surface area contributed by atoms with Crippen LogP contribution in [-0.2, 0) is 0 Å². The van der Waals surface area contributed by atoms with Crippen LogP contribution in [0.5, 0.6) is 0 Å². The highest BCUT2D eigenvalue weighted by molar-refractivity contribution is 6.02. The molecule has 2 N–H and O–H groups in total. The first-order chi connectivity index (χ1) is 16.1. The summed E-state index contributed by atoms with van der Waals surface area (Å²) in [5.74, 6) is -1.38. The maximum atomic E-state index is 13.8. The lowest BCUT2D eigenvalue weighted by molar-refractivity contribution is 0.0155. The van der Waals surface area contributed by atoms with Crippen molar-refractivity contribution in [3.8, 4) is 0 Å². The number of carbonyl (C=O) groups excluding carboxylic acids is 2. The topological polar surface area (TPSA) is 77.8 Å². The number of piperidine rings is 1. The Morgan fingerprint density at radius 2 is 1.09 bits per heavy atom. The van der Waals surface area contributed by atoms with Gasteiger partial charge in [-0.15, -0.1) is 0 Å². The number of benzene rings is 3. The molecular formula is C28H29NO4. The Bertz CT molecular complexity index is 990. The van der Waals surface area contributed by atoms with Gasteiger partial charge in [-0.05, 0) is 5.56 Å². The fourth-order valence-electron chi connectivity index (χ4n) is 4.94. The number of nitrogens with zero attached hydrogens (tertiary/aromatic N) is 1. The fourth-order valence-corrected chi connectivity index (χ4v) is 4.94. The fraction of sp³-hybridized carbons (Fsp3) is 0.286. The summed E-state index contributed by atoms with van der Waals surface area (Å²) in [6, 6.07) is 27.5. The molecule has 0 aromatic heterocycles. The van der Waals surface area contributed by atoms with E-state index in [9.17, 15) is 19.8 Å². The molecule has 5 heteroatoms. The van der Waals surface area contributed by atoms with Crippen LogP contribution in [0.4, 0.5) is 0 Å². The van der Waals surface area contributed by atoms with E-state index in [4.69, 9.17) is 0 Å². The van der Waals surface area contributed by atoms with Gasteiger partial charge in [-0.2, -0.15) is 0 Å². The monoisotopic (exact) mass is 443 g/mol. The Balaban J connectivity index is 1.81. The molecule has 0 unspecified atom stereocenters. The molecule has 1 saturated heterocycles. The van der Waals surface area contributed by atoms with E-state index < -0.39 is 17.9 Å². The quantitative estimate of drug-likeness (QED) is 0.522. The zero-order valence-electron chi connectivity index (χ0n) is 18.5. The van der Waals surface area contributed by atoms with Crippen LogP contribution in [0.15, 0.2) is 91.0 Å². The zero-order valence-corrected chi connectivity index (χ0v) is 18.5. The Hall–Kier alpha value is -3.12. The smallest absolute Gasteiger partial charge is 0.167 e. The van der Waals surface area contributed by atoms with Crippen LogP contribution >= 0.6 is 0 Å². The van der Waals surface area contributed by atoms with Crippen molar-refractivity contribution in [2.75, 3.05) is 26.3 Å². The van der Waals surface area contributed by atoms with Crippen molar-refractivity contribution in [3.05, 3.63) is 108 Å². The van der Waals surface area contributed by atoms with Crippen LogP contribution in [0.2, 0.25) is 0 Å². The molecule has 3 aromatic carbocycles. The Labute approximate surface area is 194 Å². The molecule has 1 aliphatic rings. The van der Waals surface area contributed by atoms with E-state index >= 15 is 0 Å². The van der Waals surface area contributed by atoms with Crippen molar-refractivity contribution in [2.45, 2.75) is 12.0 Å². The second-order valence-corrected chi connectivity index (χ2v) is 8.58. The molecule has 0 aliphatic carbocycles. The SMILES string of the molecule is O=C(c1ccccc1)[C@H]1CN(C(CO)CO)C[C@@H](C(=O)c2ccccc2)[C@@H]1c1ccccc1. The van der Waals surface area contributed by atoms with Gasteiger partial charge in [0.05, 0.1) is 19.3 Å². The van der Waals surface area contributed by atoms with Crippen LogP contribution in [0.25, 0.3) is 0 Å². The van der Waals surface area contributed by atoms with Crippen molar-refractivity contribution >= 4 is 11.6 Å². The van der Waals surface area contributed by atoms with Crippen molar-refractivity contribution in [2.24, 2.45) is 11.8 Å².